The second kappa shape index (κ2) is 11.8. The third kappa shape index (κ3) is 5.63. The van der Waals surface area contributed by atoms with Gasteiger partial charge in [0.2, 0.25) is 0 Å². The molecule has 6 aliphatic rings. The highest BCUT2D eigenvalue weighted by Crippen LogP contribution is 2.64. The van der Waals surface area contributed by atoms with Gasteiger partial charge in [0.25, 0.3) is 0 Å². The molecule has 10 atom stereocenters. The van der Waals surface area contributed by atoms with E-state index in [1.54, 1.807) is 5.57 Å². The van der Waals surface area contributed by atoms with Crippen molar-refractivity contribution in [3.05, 3.63) is 59.2 Å². The Morgan fingerprint density at radius 2 is 1.91 bits per heavy atom. The minimum absolute atomic E-state index is 0.0345. The van der Waals surface area contributed by atoms with Gasteiger partial charge in [0.1, 0.15) is 6.61 Å². The lowest BCUT2D eigenvalue weighted by atomic mass is 9.54. The summed E-state index contributed by atoms with van der Waals surface area (Å²) in [5, 5.41) is 3.97. The zero-order valence-corrected chi connectivity index (χ0v) is 28.8. The van der Waals surface area contributed by atoms with E-state index < -0.39 is 10.1 Å². The number of ether oxygens (including phenoxy) is 2. The maximum Gasteiger partial charge on any atom is 0.410 e. The van der Waals surface area contributed by atoms with Crippen LogP contribution >= 0.6 is 0 Å². The normalized spacial score (nSPS) is 41.1. The van der Waals surface area contributed by atoms with Crippen molar-refractivity contribution in [2.45, 2.75) is 103 Å². The summed E-state index contributed by atoms with van der Waals surface area (Å²) >= 11 is 0. The summed E-state index contributed by atoms with van der Waals surface area (Å²) in [4.78, 5) is 15.6. The number of carbonyl (C=O) groups is 1. The Labute approximate surface area is 274 Å². The van der Waals surface area contributed by atoms with Gasteiger partial charge in [-0.25, -0.2) is 4.79 Å². The molecule has 1 aromatic carbocycles. The van der Waals surface area contributed by atoms with E-state index in [-0.39, 0.29) is 41.8 Å². The molecule has 2 heterocycles. The van der Waals surface area contributed by atoms with Gasteiger partial charge in [0, 0.05) is 12.5 Å². The summed E-state index contributed by atoms with van der Waals surface area (Å²) in [6, 6.07) is 9.95. The number of piperidine rings is 1. The molecule has 250 valence electrons. The Bertz CT molecular complexity index is 1550. The van der Waals surface area contributed by atoms with E-state index in [1.165, 1.54) is 12.0 Å². The Kier molecular flexibility index (Phi) is 8.19. The quantitative estimate of drug-likeness (QED) is 0.251. The van der Waals surface area contributed by atoms with Crippen LogP contribution in [0, 0.1) is 40.9 Å². The molecule has 2 saturated heterocycles. The maximum absolute atomic E-state index is 13.6. The Morgan fingerprint density at radius 1 is 1.13 bits per heavy atom. The lowest BCUT2D eigenvalue weighted by Gasteiger charge is -2.50. The lowest BCUT2D eigenvalue weighted by Crippen LogP contribution is -2.54. The zero-order valence-electron chi connectivity index (χ0n) is 28.0. The minimum atomic E-state index is -3.61. The van der Waals surface area contributed by atoms with E-state index in [0.29, 0.717) is 36.1 Å². The average molecular weight is 651 g/mol. The number of hydrogen-bond acceptors (Lipinski definition) is 7. The van der Waals surface area contributed by atoms with E-state index in [4.69, 9.17) is 13.8 Å². The van der Waals surface area contributed by atoms with Crippen molar-refractivity contribution in [3.8, 4) is 0 Å². The van der Waals surface area contributed by atoms with Crippen LogP contribution < -0.4 is 0 Å². The van der Waals surface area contributed by atoms with Crippen LogP contribution in [0.3, 0.4) is 0 Å². The van der Waals surface area contributed by atoms with Crippen LogP contribution in [0.15, 0.2) is 58.8 Å². The average Bonchev–Trinajstić information content (AvgIpc) is 3.48. The molecule has 2 aliphatic heterocycles. The molecule has 0 aromatic heterocycles. The smallest absolute Gasteiger partial charge is 0.410 e. The predicted molar refractivity (Wildman–Crippen MR) is 177 cm³/mol. The first-order chi connectivity index (χ1) is 21.9. The van der Waals surface area contributed by atoms with Crippen LogP contribution in [0.1, 0.15) is 84.6 Å². The van der Waals surface area contributed by atoms with Gasteiger partial charge in [-0.3, -0.25) is 4.28 Å². The van der Waals surface area contributed by atoms with E-state index in [2.05, 4.69) is 38.9 Å². The first-order valence-corrected chi connectivity index (χ1v) is 19.2. The summed E-state index contributed by atoms with van der Waals surface area (Å²) in [5.74, 6) is 2.81. The number of rotatable bonds is 4. The number of oxime groups is 1. The first kappa shape index (κ1) is 31.9. The summed E-state index contributed by atoms with van der Waals surface area (Å²) in [6.07, 6.45) is 13.4. The molecule has 0 N–H and O–H groups in total. The number of benzene rings is 1. The second-order valence-corrected chi connectivity index (χ2v) is 17.2. The van der Waals surface area contributed by atoms with Crippen molar-refractivity contribution in [1.82, 2.24) is 4.90 Å². The molecule has 1 unspecified atom stereocenters. The highest BCUT2D eigenvalue weighted by molar-refractivity contribution is 7.85. The third-order valence-corrected chi connectivity index (χ3v) is 13.2. The highest BCUT2D eigenvalue weighted by Gasteiger charge is 2.60. The van der Waals surface area contributed by atoms with Crippen molar-refractivity contribution >= 4 is 21.9 Å². The molecule has 9 heteroatoms. The van der Waals surface area contributed by atoms with E-state index >= 15 is 0 Å². The van der Waals surface area contributed by atoms with Gasteiger partial charge in [-0.2, -0.15) is 8.42 Å². The molecule has 46 heavy (non-hydrogen) atoms. The molecule has 1 amide bonds. The molecule has 1 aromatic rings. The number of fused-ring (bicyclic) bond motifs is 6. The number of likely N-dealkylation sites (tertiary alicyclic amines) is 1. The van der Waals surface area contributed by atoms with E-state index in [0.717, 1.165) is 62.5 Å². The van der Waals surface area contributed by atoms with Gasteiger partial charge in [-0.15, -0.1) is 0 Å². The Hall–Kier alpha value is -2.65. The number of carbonyl (C=O) groups excluding carboxylic acids is 1. The molecule has 0 radical (unpaired) electrons. The molecule has 4 aliphatic carbocycles. The van der Waals surface area contributed by atoms with Gasteiger partial charge in [0.15, 0.2) is 0 Å². The Morgan fingerprint density at radius 3 is 2.67 bits per heavy atom. The first-order valence-electron chi connectivity index (χ1n) is 17.4. The highest BCUT2D eigenvalue weighted by atomic mass is 32.2. The molecular formula is C37H50N2O6S. The van der Waals surface area contributed by atoms with Crippen LogP contribution in [0.2, 0.25) is 0 Å². The summed E-state index contributed by atoms with van der Waals surface area (Å²) < 4.78 is 40.8. The van der Waals surface area contributed by atoms with Crippen molar-refractivity contribution in [3.63, 3.8) is 0 Å². The molecular weight excluding hydrogens is 600 g/mol. The van der Waals surface area contributed by atoms with Gasteiger partial charge in [0.05, 0.1) is 29.7 Å². The van der Waals surface area contributed by atoms with Gasteiger partial charge >= 0.3 is 16.2 Å². The number of hydrogen-bond donors (Lipinski definition) is 0. The molecule has 8 nitrogen and oxygen atoms in total. The van der Waals surface area contributed by atoms with Crippen molar-refractivity contribution in [2.75, 3.05) is 12.8 Å². The van der Waals surface area contributed by atoms with Crippen molar-refractivity contribution < 1.29 is 27.0 Å². The fourth-order valence-electron chi connectivity index (χ4n) is 10.6. The summed E-state index contributed by atoms with van der Waals surface area (Å²) in [5.41, 5.74) is 4.68. The van der Waals surface area contributed by atoms with E-state index in [9.17, 15) is 13.2 Å². The monoisotopic (exact) mass is 650 g/mol. The van der Waals surface area contributed by atoms with Gasteiger partial charge in [-0.1, -0.05) is 73.5 Å². The van der Waals surface area contributed by atoms with Crippen LogP contribution in [0.4, 0.5) is 4.79 Å². The zero-order chi connectivity index (χ0) is 32.4. The largest absolute Gasteiger partial charge is 0.445 e. The van der Waals surface area contributed by atoms with Crippen LogP contribution in [-0.2, 0) is 30.5 Å². The molecule has 7 rings (SSSR count). The lowest BCUT2D eigenvalue weighted by molar-refractivity contribution is -0.0788. The van der Waals surface area contributed by atoms with Gasteiger partial charge in [-0.05, 0) is 105 Å². The Balaban J connectivity index is 1.09. The van der Waals surface area contributed by atoms with Gasteiger partial charge < -0.3 is 14.4 Å². The second-order valence-electron chi connectivity index (χ2n) is 15.7. The van der Waals surface area contributed by atoms with Crippen LogP contribution in [0.5, 0.6) is 0 Å². The minimum Gasteiger partial charge on any atom is -0.445 e. The topological polar surface area (TPSA) is 94.5 Å². The summed E-state index contributed by atoms with van der Waals surface area (Å²) in [7, 11) is -3.61. The van der Waals surface area contributed by atoms with Crippen molar-refractivity contribution in [2.24, 2.45) is 46.1 Å². The molecule has 2 saturated carbocycles. The number of nitrogens with zero attached hydrogens (tertiary/aromatic N) is 2. The number of amides is 1. The standard InChI is InChI=1S/C37H50N2O6S/c1-23-17-33-34(39(21-23)35(40)43-22-26-9-7-6-8-10-26)25(3)37(44-33)16-14-29-30-12-11-27-18-28(38-45-46(5,41)42)13-15-36(27,4)32(30)19-31(29)24(2)20-37/h6-10,13,15,23,25,27,29-30,32-34H,11-12,14,16-22H2,1-5H3/b38-28+/t23-,25+,27+,29-,30?,32-,33+,34-,36-,37-/m0/s1. The summed E-state index contributed by atoms with van der Waals surface area (Å²) in [6.45, 7) is 10.3. The number of allylic oxidation sites excluding steroid dienone is 3. The van der Waals surface area contributed by atoms with Crippen molar-refractivity contribution in [1.29, 1.82) is 0 Å². The van der Waals surface area contributed by atoms with Crippen LogP contribution in [0.25, 0.3) is 0 Å². The fraction of sp³-hybridized carbons (Fsp3) is 0.676. The SMILES string of the molecule is CC1=C2C[C@H]3C(CC[C@@H]4C/C(=N/OS(C)(=O)=O)C=C[C@@]43C)[C@@H]2CC[C@@]2(C1)O[C@@H]1C[C@H](C)CN(C(=O)OCc3ccccc3)[C@H]1[C@H]2C. The third-order valence-electron chi connectivity index (χ3n) is 12.9. The van der Waals surface area contributed by atoms with Crippen LogP contribution in [-0.4, -0.2) is 55.7 Å². The molecule has 1 spiro atoms. The predicted octanol–water partition coefficient (Wildman–Crippen LogP) is 7.27. The molecule has 0 bridgehead atoms. The van der Waals surface area contributed by atoms with E-state index in [1.807, 2.05) is 41.3 Å². The molecule has 4 fully saturated rings. The maximum atomic E-state index is 13.6. The fourth-order valence-corrected chi connectivity index (χ4v) is 10.9.